The first-order valence-electron chi connectivity index (χ1n) is 11.9. The molecule has 176 valence electrons. The third-order valence-electron chi connectivity index (χ3n) is 6.55. The Kier molecular flexibility index (Phi) is 6.67. The van der Waals surface area contributed by atoms with Crippen LogP contribution in [-0.4, -0.2) is 35.0 Å². The van der Waals surface area contributed by atoms with Crippen LogP contribution in [0.15, 0.2) is 59.3 Å². The molecule has 2 amide bonds. The number of piperidine rings is 1. The number of nitrogens with one attached hydrogen (secondary N) is 3. The van der Waals surface area contributed by atoms with Crippen LogP contribution in [0, 0.1) is 5.92 Å². The van der Waals surface area contributed by atoms with Gasteiger partial charge in [-0.1, -0.05) is 23.4 Å². The van der Waals surface area contributed by atoms with Crippen molar-refractivity contribution in [3.63, 3.8) is 0 Å². The standard InChI is InChI=1S/C26H29N5O3/c32-25(29-16-21-6-1-2-11-28-21)20-5-3-4-19(14-20)24(18-9-12-27-13-10-18)30-26(33)22-15-23(34-31-22)17-7-8-17/h1-6,11,14-15,17-18,24,27H,7-10,12-13,16H2,(H,29,32)(H,30,33). The summed E-state index contributed by atoms with van der Waals surface area (Å²) in [6, 6.07) is 14.6. The summed E-state index contributed by atoms with van der Waals surface area (Å²) in [5, 5.41) is 13.5. The summed E-state index contributed by atoms with van der Waals surface area (Å²) in [7, 11) is 0. The molecule has 1 aromatic carbocycles. The van der Waals surface area contributed by atoms with Crippen LogP contribution in [0.1, 0.15) is 75.5 Å². The van der Waals surface area contributed by atoms with Crippen LogP contribution in [0.25, 0.3) is 0 Å². The van der Waals surface area contributed by atoms with Crippen molar-refractivity contribution in [1.29, 1.82) is 0 Å². The Morgan fingerprint density at radius 1 is 1.03 bits per heavy atom. The molecular weight excluding hydrogens is 430 g/mol. The molecule has 0 spiro atoms. The quantitative estimate of drug-likeness (QED) is 0.477. The number of rotatable bonds is 8. The van der Waals surface area contributed by atoms with E-state index in [1.165, 1.54) is 0 Å². The first-order valence-corrected chi connectivity index (χ1v) is 11.9. The van der Waals surface area contributed by atoms with Gasteiger partial charge in [-0.3, -0.25) is 14.6 Å². The summed E-state index contributed by atoms with van der Waals surface area (Å²) in [6.45, 7) is 2.15. The fraction of sp³-hybridized carbons (Fsp3) is 0.385. The minimum absolute atomic E-state index is 0.173. The Hall–Kier alpha value is -3.52. The molecule has 3 aromatic rings. The highest BCUT2D eigenvalue weighted by atomic mass is 16.5. The number of hydrogen-bond donors (Lipinski definition) is 3. The molecule has 1 unspecified atom stereocenters. The summed E-state index contributed by atoms with van der Waals surface area (Å²) in [6.07, 6.45) is 5.75. The van der Waals surface area contributed by atoms with Gasteiger partial charge < -0.3 is 20.5 Å². The van der Waals surface area contributed by atoms with E-state index in [0.29, 0.717) is 23.7 Å². The Morgan fingerprint density at radius 2 is 1.88 bits per heavy atom. The van der Waals surface area contributed by atoms with Gasteiger partial charge in [0, 0.05) is 23.7 Å². The first-order chi connectivity index (χ1) is 16.7. The SMILES string of the molecule is O=C(NCc1ccccn1)c1cccc(C(NC(=O)c2cc(C3CC3)on2)C2CCNCC2)c1. The van der Waals surface area contributed by atoms with E-state index in [9.17, 15) is 9.59 Å². The monoisotopic (exact) mass is 459 g/mol. The molecule has 1 aliphatic heterocycles. The van der Waals surface area contributed by atoms with Crippen LogP contribution < -0.4 is 16.0 Å². The van der Waals surface area contributed by atoms with Crippen LogP contribution in [0.5, 0.6) is 0 Å². The molecular formula is C26H29N5O3. The van der Waals surface area contributed by atoms with Gasteiger partial charge in [-0.2, -0.15) is 0 Å². The van der Waals surface area contributed by atoms with Crippen LogP contribution in [0.4, 0.5) is 0 Å². The van der Waals surface area contributed by atoms with Gasteiger partial charge >= 0.3 is 0 Å². The van der Waals surface area contributed by atoms with E-state index in [4.69, 9.17) is 4.52 Å². The number of pyridine rings is 1. The summed E-state index contributed by atoms with van der Waals surface area (Å²) in [5.74, 6) is 1.02. The van der Waals surface area contributed by atoms with Gasteiger partial charge in [0.1, 0.15) is 5.76 Å². The molecule has 0 radical (unpaired) electrons. The second kappa shape index (κ2) is 10.2. The number of nitrogens with zero attached hydrogens (tertiary/aromatic N) is 2. The highest BCUT2D eigenvalue weighted by Crippen LogP contribution is 2.40. The predicted octanol–water partition coefficient (Wildman–Crippen LogP) is 3.35. The summed E-state index contributed by atoms with van der Waals surface area (Å²) in [5.41, 5.74) is 2.57. The smallest absolute Gasteiger partial charge is 0.273 e. The molecule has 1 aliphatic carbocycles. The second-order valence-electron chi connectivity index (χ2n) is 9.06. The Morgan fingerprint density at radius 3 is 2.65 bits per heavy atom. The van der Waals surface area contributed by atoms with E-state index in [0.717, 1.165) is 55.8 Å². The number of benzene rings is 1. The number of carbonyl (C=O) groups excluding carboxylic acids is 2. The largest absolute Gasteiger partial charge is 0.360 e. The zero-order valence-electron chi connectivity index (χ0n) is 19.0. The first kappa shape index (κ1) is 22.3. The molecule has 1 atom stereocenters. The van der Waals surface area contributed by atoms with Gasteiger partial charge in [-0.25, -0.2) is 0 Å². The molecule has 1 saturated heterocycles. The maximum Gasteiger partial charge on any atom is 0.273 e. The maximum atomic E-state index is 13.1. The average molecular weight is 460 g/mol. The summed E-state index contributed by atoms with van der Waals surface area (Å²) >= 11 is 0. The highest BCUT2D eigenvalue weighted by molar-refractivity contribution is 5.94. The van der Waals surface area contributed by atoms with Gasteiger partial charge in [0.05, 0.1) is 18.3 Å². The molecule has 3 heterocycles. The van der Waals surface area contributed by atoms with E-state index in [2.05, 4.69) is 26.1 Å². The molecule has 8 heteroatoms. The second-order valence-corrected chi connectivity index (χ2v) is 9.06. The lowest BCUT2D eigenvalue weighted by Gasteiger charge is -2.31. The van der Waals surface area contributed by atoms with Crippen LogP contribution >= 0.6 is 0 Å². The molecule has 2 fully saturated rings. The zero-order chi connectivity index (χ0) is 23.3. The molecule has 34 heavy (non-hydrogen) atoms. The van der Waals surface area contributed by atoms with E-state index >= 15 is 0 Å². The van der Waals surface area contributed by atoms with Gasteiger partial charge in [0.15, 0.2) is 5.69 Å². The van der Waals surface area contributed by atoms with E-state index in [1.807, 2.05) is 36.4 Å². The summed E-state index contributed by atoms with van der Waals surface area (Å²) < 4.78 is 5.38. The van der Waals surface area contributed by atoms with Gasteiger partial charge in [0.25, 0.3) is 11.8 Å². The molecule has 3 N–H and O–H groups in total. The highest BCUT2D eigenvalue weighted by Gasteiger charge is 2.31. The number of carbonyl (C=O) groups is 2. The Balaban J connectivity index is 1.33. The van der Waals surface area contributed by atoms with Crippen molar-refractivity contribution in [2.24, 2.45) is 5.92 Å². The molecule has 2 aromatic heterocycles. The normalized spacial score (nSPS) is 17.2. The fourth-order valence-electron chi connectivity index (χ4n) is 4.47. The van der Waals surface area contributed by atoms with E-state index < -0.39 is 0 Å². The lowest BCUT2D eigenvalue weighted by atomic mass is 9.85. The van der Waals surface area contributed by atoms with Crippen molar-refractivity contribution >= 4 is 11.8 Å². The fourth-order valence-corrected chi connectivity index (χ4v) is 4.47. The van der Waals surface area contributed by atoms with Crippen LogP contribution in [0.3, 0.4) is 0 Å². The van der Waals surface area contributed by atoms with Gasteiger partial charge in [-0.15, -0.1) is 0 Å². The van der Waals surface area contributed by atoms with Gasteiger partial charge in [0.2, 0.25) is 0 Å². The third kappa shape index (κ3) is 5.34. The van der Waals surface area contributed by atoms with Crippen molar-refractivity contribution in [3.05, 3.63) is 83.0 Å². The summed E-state index contributed by atoms with van der Waals surface area (Å²) in [4.78, 5) is 30.1. The predicted molar refractivity (Wildman–Crippen MR) is 126 cm³/mol. The van der Waals surface area contributed by atoms with Crippen molar-refractivity contribution in [3.8, 4) is 0 Å². The molecule has 0 bridgehead atoms. The third-order valence-corrected chi connectivity index (χ3v) is 6.55. The van der Waals surface area contributed by atoms with Crippen molar-refractivity contribution < 1.29 is 14.1 Å². The molecule has 8 nitrogen and oxygen atoms in total. The minimum Gasteiger partial charge on any atom is -0.360 e. The molecule has 2 aliphatic rings. The van der Waals surface area contributed by atoms with Crippen LogP contribution in [0.2, 0.25) is 0 Å². The Labute approximate surface area is 198 Å². The number of aromatic nitrogens is 2. The Bertz CT molecular complexity index is 1140. The number of hydrogen-bond acceptors (Lipinski definition) is 6. The van der Waals surface area contributed by atoms with Crippen molar-refractivity contribution in [2.75, 3.05) is 13.1 Å². The lowest BCUT2D eigenvalue weighted by molar-refractivity contribution is 0.0904. The average Bonchev–Trinajstić information content (AvgIpc) is 3.63. The zero-order valence-corrected chi connectivity index (χ0v) is 19.0. The van der Waals surface area contributed by atoms with Crippen molar-refractivity contribution in [1.82, 2.24) is 26.1 Å². The van der Waals surface area contributed by atoms with E-state index in [-0.39, 0.29) is 23.8 Å². The van der Waals surface area contributed by atoms with Crippen LogP contribution in [-0.2, 0) is 6.54 Å². The van der Waals surface area contributed by atoms with Gasteiger partial charge in [-0.05, 0) is 74.5 Å². The maximum absolute atomic E-state index is 13.1. The van der Waals surface area contributed by atoms with Crippen molar-refractivity contribution in [2.45, 2.75) is 44.2 Å². The van der Waals surface area contributed by atoms with E-state index in [1.54, 1.807) is 18.3 Å². The molecule has 5 rings (SSSR count). The molecule has 1 saturated carbocycles. The topological polar surface area (TPSA) is 109 Å². The number of amides is 2. The minimum atomic E-state index is -0.246. The lowest BCUT2D eigenvalue weighted by Crippen LogP contribution is -2.39.